The molecule has 0 aliphatic carbocycles. The predicted octanol–water partition coefficient (Wildman–Crippen LogP) is 14.6. The normalized spacial score (nSPS) is 17.2. The molecule has 75 heavy (non-hydrogen) atoms. The molecule has 0 spiro atoms. The van der Waals surface area contributed by atoms with Gasteiger partial charge in [-0.2, -0.15) is 15.0 Å². The zero-order valence-corrected chi connectivity index (χ0v) is 47.4. The van der Waals surface area contributed by atoms with Crippen LogP contribution in [-0.4, -0.2) is 48.3 Å². The number of aromatic nitrogens is 5. The maximum Gasteiger partial charge on any atom is 0.240 e. The zero-order valence-electron chi connectivity index (χ0n) is 44.4. The van der Waals surface area contributed by atoms with Crippen LogP contribution < -0.4 is 20.7 Å². The Morgan fingerprint density at radius 3 is 1.17 bits per heavy atom. The van der Waals surface area contributed by atoms with Crippen molar-refractivity contribution < 1.29 is 0 Å². The van der Waals surface area contributed by atoms with Gasteiger partial charge in [0.1, 0.15) is 0 Å². The fraction of sp³-hybridized carbons (Fsp3) is 0.239. The summed E-state index contributed by atoms with van der Waals surface area (Å²) in [5.74, 6) is 1.86. The van der Waals surface area contributed by atoms with E-state index in [1.807, 2.05) is 0 Å². The van der Waals surface area contributed by atoms with Gasteiger partial charge in [0.2, 0.25) is 11.9 Å². The lowest BCUT2D eigenvalue weighted by molar-refractivity contribution is 0.416. The predicted molar refractivity (Wildman–Crippen MR) is 325 cm³/mol. The van der Waals surface area contributed by atoms with Crippen LogP contribution >= 0.6 is 0 Å². The first-order valence-electron chi connectivity index (χ1n) is 27.4. The van der Waals surface area contributed by atoms with Gasteiger partial charge in [0.05, 0.1) is 22.1 Å². The van der Waals surface area contributed by atoms with Crippen LogP contribution in [0.4, 0.5) is 0 Å². The lowest BCUT2D eigenvalue weighted by atomic mass is 9.77. The SMILES string of the molecule is CC1(c2ccc3c(c2)c2ccccc2n3-c2nc(-c3cccc([Si](c4ccccc4)(c4ccccc4)c4ccccc4)c3)nc(-n3c4ccccc4c4cc(C5(C)CC[Si](C)(C)CC5)ccc43)n2)CC[Si](C)(C)CC1. The summed E-state index contributed by atoms with van der Waals surface area (Å²) in [6.45, 7) is 15.3. The van der Waals surface area contributed by atoms with Gasteiger partial charge in [-0.05, 0) is 105 Å². The Labute approximate surface area is 445 Å². The maximum atomic E-state index is 5.66. The minimum absolute atomic E-state index is 0.152. The van der Waals surface area contributed by atoms with Crippen LogP contribution in [0.25, 0.3) is 66.9 Å². The molecule has 2 fully saturated rings. The van der Waals surface area contributed by atoms with E-state index in [1.54, 1.807) is 0 Å². The number of hydrogen-bond donors (Lipinski definition) is 0. The Balaban J connectivity index is 1.06. The number of para-hydroxylation sites is 2. The van der Waals surface area contributed by atoms with Crippen LogP contribution in [0.5, 0.6) is 0 Å². The second-order valence-electron chi connectivity index (χ2n) is 24.3. The molecule has 0 saturated carbocycles. The van der Waals surface area contributed by atoms with Crippen molar-refractivity contribution in [2.75, 3.05) is 0 Å². The minimum Gasteiger partial charge on any atom is -0.278 e. The van der Waals surface area contributed by atoms with Crippen molar-refractivity contribution in [2.24, 2.45) is 0 Å². The highest BCUT2D eigenvalue weighted by Crippen LogP contribution is 2.47. The minimum atomic E-state index is -2.89. The van der Waals surface area contributed by atoms with E-state index in [2.05, 4.69) is 249 Å². The lowest BCUT2D eigenvalue weighted by Gasteiger charge is -2.41. The van der Waals surface area contributed by atoms with Crippen molar-refractivity contribution in [1.82, 2.24) is 24.1 Å². The van der Waals surface area contributed by atoms with Crippen LogP contribution in [0.15, 0.2) is 200 Å². The van der Waals surface area contributed by atoms with Gasteiger partial charge in [-0.1, -0.05) is 228 Å². The van der Waals surface area contributed by atoms with Gasteiger partial charge in [0.15, 0.2) is 13.9 Å². The molecule has 0 amide bonds. The number of rotatable bonds is 9. The second kappa shape index (κ2) is 18.1. The summed E-state index contributed by atoms with van der Waals surface area (Å²) in [5.41, 5.74) is 8.53. The molecular weight excluding hydrogens is 959 g/mol. The van der Waals surface area contributed by atoms with E-state index in [-0.39, 0.29) is 10.8 Å². The van der Waals surface area contributed by atoms with E-state index in [1.165, 1.54) is 103 Å². The molecule has 2 aliphatic rings. The highest BCUT2D eigenvalue weighted by atomic mass is 28.3. The average molecular weight is 1030 g/mol. The van der Waals surface area contributed by atoms with E-state index in [4.69, 9.17) is 15.0 Å². The number of nitrogens with zero attached hydrogens (tertiary/aromatic N) is 5. The smallest absolute Gasteiger partial charge is 0.240 e. The Hall–Kier alpha value is -6.98. The number of fused-ring (bicyclic) bond motifs is 6. The van der Waals surface area contributed by atoms with Crippen LogP contribution in [0.2, 0.25) is 50.4 Å². The van der Waals surface area contributed by atoms with Crippen molar-refractivity contribution in [3.05, 3.63) is 211 Å². The molecule has 2 aliphatic heterocycles. The van der Waals surface area contributed by atoms with E-state index >= 15 is 0 Å². The number of benzene rings is 8. The third kappa shape index (κ3) is 8.10. The van der Waals surface area contributed by atoms with Crippen LogP contribution in [-0.2, 0) is 10.8 Å². The van der Waals surface area contributed by atoms with Gasteiger partial charge in [0, 0.05) is 43.3 Å². The average Bonchev–Trinajstić information content (AvgIpc) is 4.05. The fourth-order valence-corrected chi connectivity index (χ4v) is 23.5. The summed E-state index contributed by atoms with van der Waals surface area (Å²) in [6.07, 6.45) is 4.99. The number of hydrogen-bond acceptors (Lipinski definition) is 3. The summed E-state index contributed by atoms with van der Waals surface area (Å²) in [4.78, 5) is 17.0. The molecule has 2 saturated heterocycles. The van der Waals surface area contributed by atoms with Crippen molar-refractivity contribution in [3.63, 3.8) is 0 Å². The summed E-state index contributed by atoms with van der Waals surface area (Å²) in [7, 11) is -5.20. The van der Waals surface area contributed by atoms with E-state index in [0.717, 1.165) is 27.6 Å². The third-order valence-corrected chi connectivity index (χ3v) is 29.5. The Bertz CT molecular complexity index is 3670. The quantitative estimate of drug-likeness (QED) is 0.107. The van der Waals surface area contributed by atoms with E-state index in [0.29, 0.717) is 17.7 Å². The molecule has 0 atom stereocenters. The van der Waals surface area contributed by atoms with Crippen molar-refractivity contribution in [1.29, 1.82) is 0 Å². The monoisotopic (exact) mass is 1030 g/mol. The van der Waals surface area contributed by atoms with Crippen LogP contribution in [0.3, 0.4) is 0 Å². The molecule has 5 nitrogen and oxygen atoms in total. The Morgan fingerprint density at radius 2 is 0.747 bits per heavy atom. The van der Waals surface area contributed by atoms with Gasteiger partial charge >= 0.3 is 0 Å². The van der Waals surface area contributed by atoms with Crippen LogP contribution in [0, 0.1) is 0 Å². The van der Waals surface area contributed by atoms with E-state index in [9.17, 15) is 0 Å². The van der Waals surface area contributed by atoms with Gasteiger partial charge < -0.3 is 0 Å². The summed E-state index contributed by atoms with van der Waals surface area (Å²) in [6, 6.07) is 80.4. The van der Waals surface area contributed by atoms with Crippen LogP contribution in [0.1, 0.15) is 50.7 Å². The molecule has 8 aromatic carbocycles. The zero-order chi connectivity index (χ0) is 51.2. The standard InChI is InChI=1S/C67H67N5Si3/c1-66(37-41-73(3,4)42-38-66)49-33-35-61-57(46-49)55-29-16-18-31-59(55)71(61)64-68-63(48-21-20-28-54(45-48)75(51-22-10-7-11-23-51,52-24-12-8-13-25-52)53-26-14-9-15-27-53)69-65(70-64)72-60-32-19-17-30-56(60)58-47-50(34-36-62(58)72)67(2)39-43-74(5,6)44-40-67/h7-36,45-47H,37-44H2,1-6H3. The molecule has 5 heterocycles. The first kappa shape index (κ1) is 47.7. The summed E-state index contributed by atoms with van der Waals surface area (Å²) in [5, 5.41) is 10.2. The Morgan fingerprint density at radius 1 is 0.373 bits per heavy atom. The second-order valence-corrected chi connectivity index (χ2v) is 38.8. The molecule has 372 valence electrons. The first-order chi connectivity index (χ1) is 36.3. The lowest BCUT2D eigenvalue weighted by Crippen LogP contribution is -2.74. The largest absolute Gasteiger partial charge is 0.278 e. The first-order valence-corrected chi connectivity index (χ1v) is 36.3. The van der Waals surface area contributed by atoms with Gasteiger partial charge in [-0.15, -0.1) is 0 Å². The summed E-state index contributed by atoms with van der Waals surface area (Å²) < 4.78 is 4.62. The molecule has 0 radical (unpaired) electrons. The molecule has 0 unspecified atom stereocenters. The molecule has 11 aromatic rings. The van der Waals surface area contributed by atoms with Crippen molar-refractivity contribution in [3.8, 4) is 23.3 Å². The maximum absolute atomic E-state index is 5.66. The van der Waals surface area contributed by atoms with Crippen molar-refractivity contribution >= 4 is 88.6 Å². The molecule has 0 N–H and O–H groups in total. The summed E-state index contributed by atoms with van der Waals surface area (Å²) >= 11 is 0. The molecule has 8 heteroatoms. The molecule has 13 rings (SSSR count). The highest BCUT2D eigenvalue weighted by molar-refractivity contribution is 7.19. The molecule has 3 aromatic heterocycles. The Kier molecular flexibility index (Phi) is 11.5. The third-order valence-electron chi connectivity index (χ3n) is 18.3. The van der Waals surface area contributed by atoms with Gasteiger partial charge in [-0.25, -0.2) is 0 Å². The topological polar surface area (TPSA) is 48.5 Å². The van der Waals surface area contributed by atoms with Gasteiger partial charge in [-0.3, -0.25) is 9.13 Å². The highest BCUT2D eigenvalue weighted by Gasteiger charge is 2.42. The van der Waals surface area contributed by atoms with Gasteiger partial charge in [0.25, 0.3) is 0 Å². The fourth-order valence-electron chi connectivity index (χ4n) is 13.3. The van der Waals surface area contributed by atoms with Crippen molar-refractivity contribution in [2.45, 2.75) is 101 Å². The molecule has 0 bridgehead atoms. The van der Waals surface area contributed by atoms with E-state index < -0.39 is 24.2 Å². The molecular formula is C67H67N5Si3.